The van der Waals surface area contributed by atoms with Crippen molar-refractivity contribution in [2.24, 2.45) is 11.3 Å². The van der Waals surface area contributed by atoms with E-state index in [9.17, 15) is 9.59 Å². The first-order valence-electron chi connectivity index (χ1n) is 9.00. The zero-order valence-electron chi connectivity index (χ0n) is 22.8. The normalized spacial score (nSPS) is 12.5. The van der Waals surface area contributed by atoms with Crippen molar-refractivity contribution in [2.45, 2.75) is 72.6 Å². The number of esters is 2. The van der Waals surface area contributed by atoms with E-state index in [0.29, 0.717) is 25.0 Å². The molecule has 44 heavy (non-hydrogen) atoms. The molecule has 4 nitrogen and oxygen atoms in total. The molecular formula is C21H34O4S19-38. The first kappa shape index (κ1) is 134. The summed E-state index contributed by atoms with van der Waals surface area (Å²) in [6, 6.07) is 0. The van der Waals surface area contributed by atoms with Crippen LogP contribution in [0.25, 0.3) is 0 Å². The Morgan fingerprint density at radius 1 is 0.750 bits per heavy atom. The van der Waals surface area contributed by atoms with Crippen LogP contribution in [0, 0.1) is 23.2 Å². The number of unbranched alkanes of at least 4 members (excludes halogenated alkanes) is 2. The Hall–Kier alpha value is 4.89. The van der Waals surface area contributed by atoms with E-state index in [4.69, 9.17) is 4.74 Å². The van der Waals surface area contributed by atoms with Crippen LogP contribution in [-0.2, 0) is 275 Å². The highest BCUT2D eigenvalue weighted by Crippen LogP contribution is 2.65. The summed E-state index contributed by atoms with van der Waals surface area (Å²) in [4.78, 5) is 21.9. The number of carbonyl (C=O) groups is 2. The average Bonchev–Trinajstić information content (AvgIpc) is 3.07. The molecule has 0 amide bonds. The van der Waals surface area contributed by atoms with Gasteiger partial charge in [-0.05, 0) is 57.3 Å². The minimum Gasteiger partial charge on any atom is -2.00 e. The third kappa shape index (κ3) is 65.3. The maximum atomic E-state index is 11.2. The number of hydrogen-bond acceptors (Lipinski definition) is 4. The quantitative estimate of drug-likeness (QED) is 0.123. The molecule has 2 atom stereocenters. The second-order valence-electron chi connectivity index (χ2n) is 6.34. The van der Waals surface area contributed by atoms with Crippen LogP contribution in [0.5, 0.6) is 0 Å². The number of ether oxygens (including phenoxy) is 2. The maximum Gasteiger partial charge on any atom is 0.384 e. The molecule has 2 rings (SSSR count). The van der Waals surface area contributed by atoms with Gasteiger partial charge in [0.25, 0.3) is 0 Å². The lowest BCUT2D eigenvalue weighted by Gasteiger charge is -2.09. The van der Waals surface area contributed by atoms with Gasteiger partial charge in [-0.1, -0.05) is 25.8 Å². The molecule has 23 heteroatoms. The van der Waals surface area contributed by atoms with Gasteiger partial charge >= 0.3 is 11.9 Å². The fourth-order valence-corrected chi connectivity index (χ4v) is 3.29. The van der Waals surface area contributed by atoms with E-state index >= 15 is 0 Å². The van der Waals surface area contributed by atoms with Gasteiger partial charge in [-0.3, -0.25) is 4.79 Å². The van der Waals surface area contributed by atoms with Gasteiger partial charge in [0.15, 0.2) is 0 Å². The standard InChI is InChI=1S/C10H16O2.C10H14O2.CH4.19S/c1-2-12-9(11)7-10-5-3-4-8(10)6-10;1-3-5-6-7-8-9-10(11)12-4-2;;;;;;;;;;;;;;;;;;;;/h8H,2-7H2,1H3;3H,1,4-7H2,2H3;1H4;;;;;;;;;;;;;;;;;;;/q;;;19*-2. The molecule has 2 unspecified atom stereocenters. The molecular weight excluding hydrogens is 926 g/mol. The van der Waals surface area contributed by atoms with Crippen molar-refractivity contribution in [1.82, 2.24) is 0 Å². The molecule has 2 aliphatic rings. The van der Waals surface area contributed by atoms with Crippen molar-refractivity contribution in [1.29, 1.82) is 0 Å². The van der Waals surface area contributed by atoms with Crippen LogP contribution in [0.2, 0.25) is 0 Å². The smallest absolute Gasteiger partial charge is 0.384 e. The fraction of sp³-hybridized carbons (Fsp3) is 0.714. The van der Waals surface area contributed by atoms with Crippen molar-refractivity contribution in [3.05, 3.63) is 12.7 Å². The number of fused-ring (bicyclic) bond motifs is 1. The fourth-order valence-electron chi connectivity index (χ4n) is 3.29. The Labute approximate surface area is 404 Å². The number of allylic oxidation sites excluding steroid dienone is 1. The second kappa shape index (κ2) is 86.5. The van der Waals surface area contributed by atoms with Gasteiger partial charge < -0.3 is 266 Å². The molecule has 0 bridgehead atoms. The second-order valence-corrected chi connectivity index (χ2v) is 6.34. The van der Waals surface area contributed by atoms with Crippen LogP contribution in [-0.4, -0.2) is 25.2 Å². The summed E-state index contributed by atoms with van der Waals surface area (Å²) in [5, 5.41) is 0. The van der Waals surface area contributed by atoms with Crippen molar-refractivity contribution >= 4 is 268 Å². The van der Waals surface area contributed by atoms with Gasteiger partial charge in [-0.25, -0.2) is 4.79 Å². The lowest BCUT2D eigenvalue weighted by Crippen LogP contribution is -2.11. The van der Waals surface area contributed by atoms with Gasteiger partial charge in [0.05, 0.1) is 19.6 Å². The highest BCUT2D eigenvalue weighted by molar-refractivity contribution is 7.38. The molecule has 0 aromatic heterocycles. The van der Waals surface area contributed by atoms with E-state index in [2.05, 4.69) is 23.2 Å². The molecule has 0 heterocycles. The van der Waals surface area contributed by atoms with Crippen LogP contribution < -0.4 is 0 Å². The van der Waals surface area contributed by atoms with Crippen molar-refractivity contribution in [3.8, 4) is 11.8 Å². The number of carbonyl (C=O) groups excluding carboxylic acids is 2. The Morgan fingerprint density at radius 3 is 1.45 bits per heavy atom. The Balaban J connectivity index is -0.00000001000. The van der Waals surface area contributed by atoms with Crippen molar-refractivity contribution in [2.75, 3.05) is 13.2 Å². The van der Waals surface area contributed by atoms with Gasteiger partial charge in [-0.2, -0.15) is 0 Å². The lowest BCUT2D eigenvalue weighted by molar-refractivity contribution is -0.144. The summed E-state index contributed by atoms with van der Waals surface area (Å²) in [7, 11) is 0. The van der Waals surface area contributed by atoms with Gasteiger partial charge in [0.1, 0.15) is 0 Å². The molecule has 2 saturated carbocycles. The first-order valence-corrected chi connectivity index (χ1v) is 9.00. The molecule has 2 fully saturated rings. The van der Waals surface area contributed by atoms with Gasteiger partial charge in [-0.15, -0.1) is 6.58 Å². The Bertz CT molecular complexity index is 529. The van der Waals surface area contributed by atoms with Crippen LogP contribution in [0.3, 0.4) is 0 Å². The summed E-state index contributed by atoms with van der Waals surface area (Å²) in [5.41, 5.74) is 0.409. The predicted molar refractivity (Wildman–Crippen MR) is 241 cm³/mol. The van der Waals surface area contributed by atoms with Crippen molar-refractivity contribution in [3.63, 3.8) is 0 Å². The van der Waals surface area contributed by atoms with Crippen molar-refractivity contribution < 1.29 is 19.1 Å². The molecule has 2 aliphatic carbocycles. The van der Waals surface area contributed by atoms with E-state index in [-0.39, 0.29) is 270 Å². The predicted octanol–water partition coefficient (Wildman–Crippen LogP) is 4.63. The minimum absolute atomic E-state index is 0. The van der Waals surface area contributed by atoms with Crippen LogP contribution in [0.4, 0.5) is 0 Å². The summed E-state index contributed by atoms with van der Waals surface area (Å²) in [6.07, 6.45) is 10.4. The highest BCUT2D eigenvalue weighted by atomic mass is 32.1. The maximum absolute atomic E-state index is 11.2. The molecule has 0 radical (unpaired) electrons. The van der Waals surface area contributed by atoms with E-state index in [1.807, 2.05) is 13.0 Å². The van der Waals surface area contributed by atoms with E-state index in [1.54, 1.807) is 6.92 Å². The minimum atomic E-state index is -0.434. The number of rotatable bonds is 7. The third-order valence-corrected chi connectivity index (χ3v) is 4.56. The molecule has 0 N–H and O–H groups in total. The van der Waals surface area contributed by atoms with Crippen LogP contribution in [0.15, 0.2) is 12.7 Å². The van der Waals surface area contributed by atoms with E-state index in [1.165, 1.54) is 25.7 Å². The highest BCUT2D eigenvalue weighted by Gasteiger charge is 2.57. The summed E-state index contributed by atoms with van der Waals surface area (Å²) < 4.78 is 9.57. The van der Waals surface area contributed by atoms with Crippen LogP contribution in [0.1, 0.15) is 72.6 Å². The zero-order valence-corrected chi connectivity index (χ0v) is 38.3. The lowest BCUT2D eigenvalue weighted by atomic mass is 10.00. The topological polar surface area (TPSA) is 52.6 Å². The van der Waals surface area contributed by atoms with Crippen LogP contribution >= 0.6 is 0 Å². The van der Waals surface area contributed by atoms with Gasteiger partial charge in [0, 0.05) is 12.3 Å². The Kier molecular flexibility index (Phi) is 264. The monoisotopic (exact) mass is 958 g/mol. The Morgan fingerprint density at radius 2 is 1.16 bits per heavy atom. The largest absolute Gasteiger partial charge is 2.00 e. The first-order chi connectivity index (χ1) is 11.6. The number of hydrogen-bond donors (Lipinski definition) is 0. The third-order valence-electron chi connectivity index (χ3n) is 4.56. The summed E-state index contributed by atoms with van der Waals surface area (Å²) in [6.45, 7) is 8.13. The summed E-state index contributed by atoms with van der Waals surface area (Å²) in [5.74, 6) is 5.57. The van der Waals surface area contributed by atoms with E-state index in [0.717, 1.165) is 25.2 Å². The molecule has 294 valence electrons. The molecule has 0 spiro atoms. The van der Waals surface area contributed by atoms with E-state index < -0.39 is 5.97 Å². The average molecular weight is 960 g/mol. The molecule has 0 aromatic carbocycles. The van der Waals surface area contributed by atoms with Gasteiger partial charge in [0.2, 0.25) is 0 Å². The summed E-state index contributed by atoms with van der Waals surface area (Å²) >= 11 is 0. The molecule has 0 saturated heterocycles. The molecule has 0 aliphatic heterocycles. The SMILES string of the molecule is C.C=CCCCC#CC(=O)OCC.CCOC(=O)CC12CCCC1C2.[S-2].[S-2].[S-2].[S-2].[S-2].[S-2].[S-2].[S-2].[S-2].[S-2].[S-2].[S-2].[S-2].[S-2].[S-2].[S-2].[S-2].[S-2].[S-2]. The molecule has 0 aromatic rings. The zero-order chi connectivity index (χ0) is 17.8.